The first-order valence-electron chi connectivity index (χ1n) is 6.15. The number of benzene rings is 1. The summed E-state index contributed by atoms with van der Waals surface area (Å²) in [5.41, 5.74) is 6.37. The van der Waals surface area contributed by atoms with Crippen LogP contribution in [0.25, 0.3) is 0 Å². The van der Waals surface area contributed by atoms with Gasteiger partial charge in [0, 0.05) is 22.9 Å². The Bertz CT molecular complexity index is 659. The van der Waals surface area contributed by atoms with Crippen LogP contribution in [-0.2, 0) is 20.0 Å². The number of primary sulfonamides is 1. The molecular weight excluding hydrogens is 334 g/mol. The minimum atomic E-state index is -3.55. The van der Waals surface area contributed by atoms with Gasteiger partial charge in [0.15, 0.2) is 0 Å². The van der Waals surface area contributed by atoms with E-state index in [0.717, 1.165) is 4.90 Å². The normalized spacial score (nSPS) is 12.4. The van der Waals surface area contributed by atoms with Crippen LogP contribution in [0.5, 0.6) is 0 Å². The largest absolute Gasteiger partial charge is 0.398 e. The molecule has 0 amide bonds. The van der Waals surface area contributed by atoms with Crippen LogP contribution in [-0.4, -0.2) is 40.6 Å². The molecule has 0 spiro atoms. The van der Waals surface area contributed by atoms with E-state index in [1.165, 1.54) is 11.8 Å². The third-order valence-corrected chi connectivity index (χ3v) is 6.05. The van der Waals surface area contributed by atoms with Crippen molar-refractivity contribution in [2.24, 2.45) is 5.14 Å². The van der Waals surface area contributed by atoms with Crippen molar-refractivity contribution in [3.63, 3.8) is 0 Å². The van der Waals surface area contributed by atoms with E-state index in [-0.39, 0.29) is 24.5 Å². The summed E-state index contributed by atoms with van der Waals surface area (Å²) in [6, 6.07) is 7.22. The molecule has 0 heterocycles. The summed E-state index contributed by atoms with van der Waals surface area (Å²) in [6.45, 7) is 0.0525. The highest BCUT2D eigenvalue weighted by Gasteiger charge is 2.11. The molecule has 0 aliphatic heterocycles. The van der Waals surface area contributed by atoms with Crippen LogP contribution in [0, 0.1) is 0 Å². The third-order valence-electron chi connectivity index (χ3n) is 2.46. The van der Waals surface area contributed by atoms with Crippen LogP contribution in [0.4, 0.5) is 5.69 Å². The van der Waals surface area contributed by atoms with Crippen LogP contribution in [0.1, 0.15) is 6.42 Å². The fourth-order valence-corrected chi connectivity index (χ4v) is 4.43. The molecule has 0 aliphatic rings. The number of thioether (sulfide) groups is 1. The summed E-state index contributed by atoms with van der Waals surface area (Å²) in [4.78, 5) is 0.835. The molecule has 1 aromatic rings. The standard InChI is InChI=1S/C11H19N3O4S3/c12-10-4-1-2-5-11(10)19-7-9-21(17,18)14-6-3-8-20(13,15)16/h1-2,4-5,14H,3,6-9,12H2,(H2,13,15,16). The Balaban J connectivity index is 2.32. The fraction of sp³-hybridized carbons (Fsp3) is 0.455. The second kappa shape index (κ2) is 7.99. The predicted molar refractivity (Wildman–Crippen MR) is 86.0 cm³/mol. The Morgan fingerprint density at radius 1 is 1.10 bits per heavy atom. The maximum atomic E-state index is 11.7. The van der Waals surface area contributed by atoms with Crippen molar-refractivity contribution < 1.29 is 16.8 Å². The molecule has 1 aromatic carbocycles. The van der Waals surface area contributed by atoms with Crippen molar-refractivity contribution in [3.8, 4) is 0 Å². The Kier molecular flexibility index (Phi) is 6.94. The lowest BCUT2D eigenvalue weighted by atomic mass is 10.3. The SMILES string of the molecule is Nc1ccccc1SCCS(=O)(=O)NCCCS(N)(=O)=O. The zero-order chi connectivity index (χ0) is 15.9. The monoisotopic (exact) mass is 353 g/mol. The lowest BCUT2D eigenvalue weighted by molar-refractivity contribution is 0.578. The molecular formula is C11H19N3O4S3. The molecule has 0 bridgehead atoms. The number of sulfonamides is 2. The van der Waals surface area contributed by atoms with Crippen LogP contribution >= 0.6 is 11.8 Å². The molecule has 0 saturated carbocycles. The number of nitrogens with two attached hydrogens (primary N) is 2. The number of hydrogen-bond donors (Lipinski definition) is 3. The highest BCUT2D eigenvalue weighted by atomic mass is 32.2. The topological polar surface area (TPSA) is 132 Å². The average Bonchev–Trinajstić information content (AvgIpc) is 2.36. The minimum Gasteiger partial charge on any atom is -0.398 e. The maximum absolute atomic E-state index is 11.7. The van der Waals surface area contributed by atoms with Crippen LogP contribution in [0.3, 0.4) is 0 Å². The summed E-state index contributed by atoms with van der Waals surface area (Å²) in [5.74, 6) is 0.0466. The van der Waals surface area contributed by atoms with E-state index in [1.807, 2.05) is 18.2 Å². The number of nitrogens with one attached hydrogen (secondary N) is 1. The van der Waals surface area contributed by atoms with Gasteiger partial charge in [0.25, 0.3) is 0 Å². The molecule has 0 aliphatic carbocycles. The van der Waals surface area contributed by atoms with Gasteiger partial charge < -0.3 is 5.73 Å². The van der Waals surface area contributed by atoms with Crippen LogP contribution < -0.4 is 15.6 Å². The van der Waals surface area contributed by atoms with Gasteiger partial charge in [-0.1, -0.05) is 12.1 Å². The van der Waals surface area contributed by atoms with E-state index < -0.39 is 20.0 Å². The molecule has 0 aromatic heterocycles. The second-order valence-electron chi connectivity index (χ2n) is 4.32. The van der Waals surface area contributed by atoms with E-state index in [9.17, 15) is 16.8 Å². The van der Waals surface area contributed by atoms with Crippen LogP contribution in [0.15, 0.2) is 29.2 Å². The second-order valence-corrected chi connectivity index (χ2v) is 9.12. The van der Waals surface area contributed by atoms with Crippen molar-refractivity contribution in [1.29, 1.82) is 0 Å². The first kappa shape index (κ1) is 18.2. The Morgan fingerprint density at radius 2 is 1.76 bits per heavy atom. The molecule has 0 atom stereocenters. The number of anilines is 1. The van der Waals surface area contributed by atoms with Gasteiger partial charge in [0.05, 0.1) is 11.5 Å². The summed E-state index contributed by atoms with van der Waals surface area (Å²) < 4.78 is 47.1. The number of rotatable bonds is 9. The minimum absolute atomic E-state index is 0.0525. The molecule has 120 valence electrons. The fourth-order valence-electron chi connectivity index (χ4n) is 1.45. The Labute approximate surface area is 129 Å². The quantitative estimate of drug-likeness (QED) is 0.324. The molecule has 5 N–H and O–H groups in total. The molecule has 7 nitrogen and oxygen atoms in total. The van der Waals surface area contributed by atoms with Gasteiger partial charge in [-0.05, 0) is 18.6 Å². The van der Waals surface area contributed by atoms with E-state index >= 15 is 0 Å². The van der Waals surface area contributed by atoms with Gasteiger partial charge in [0.1, 0.15) is 0 Å². The molecule has 0 radical (unpaired) electrons. The Hall–Kier alpha value is -0.810. The van der Waals surface area contributed by atoms with Crippen molar-refractivity contribution >= 4 is 37.5 Å². The summed E-state index contributed by atoms with van der Waals surface area (Å²) in [7, 11) is -6.98. The number of para-hydroxylation sites is 1. The van der Waals surface area contributed by atoms with Crippen molar-refractivity contribution in [2.75, 3.05) is 29.5 Å². The highest BCUT2D eigenvalue weighted by molar-refractivity contribution is 8.00. The summed E-state index contributed by atoms with van der Waals surface area (Å²) in [6.07, 6.45) is 0.150. The zero-order valence-electron chi connectivity index (χ0n) is 11.4. The Morgan fingerprint density at radius 3 is 2.38 bits per heavy atom. The van der Waals surface area contributed by atoms with Gasteiger partial charge in [-0.15, -0.1) is 11.8 Å². The average molecular weight is 353 g/mol. The van der Waals surface area contributed by atoms with Gasteiger partial charge in [0.2, 0.25) is 20.0 Å². The van der Waals surface area contributed by atoms with E-state index in [1.54, 1.807) is 6.07 Å². The van der Waals surface area contributed by atoms with Gasteiger partial charge in [-0.2, -0.15) is 0 Å². The highest BCUT2D eigenvalue weighted by Crippen LogP contribution is 2.24. The molecule has 0 saturated heterocycles. The molecule has 10 heteroatoms. The predicted octanol–water partition coefficient (Wildman–Crippen LogP) is -0.0411. The number of nitrogen functional groups attached to an aromatic ring is 1. The van der Waals surface area contributed by atoms with E-state index in [0.29, 0.717) is 11.4 Å². The first-order valence-corrected chi connectivity index (χ1v) is 10.5. The van der Waals surface area contributed by atoms with Gasteiger partial charge >= 0.3 is 0 Å². The molecule has 21 heavy (non-hydrogen) atoms. The molecule has 0 fully saturated rings. The lowest BCUT2D eigenvalue weighted by Gasteiger charge is -2.07. The molecule has 0 unspecified atom stereocenters. The van der Waals surface area contributed by atoms with E-state index in [4.69, 9.17) is 10.9 Å². The number of hydrogen-bond acceptors (Lipinski definition) is 6. The first-order chi connectivity index (χ1) is 9.70. The summed E-state index contributed by atoms with van der Waals surface area (Å²) >= 11 is 1.36. The van der Waals surface area contributed by atoms with E-state index in [2.05, 4.69) is 4.72 Å². The lowest BCUT2D eigenvalue weighted by Crippen LogP contribution is -2.30. The van der Waals surface area contributed by atoms with Gasteiger partial charge in [-0.3, -0.25) is 0 Å². The maximum Gasteiger partial charge on any atom is 0.212 e. The van der Waals surface area contributed by atoms with Crippen molar-refractivity contribution in [1.82, 2.24) is 4.72 Å². The van der Waals surface area contributed by atoms with Crippen molar-refractivity contribution in [2.45, 2.75) is 11.3 Å². The molecule has 1 rings (SSSR count). The van der Waals surface area contributed by atoms with Crippen LogP contribution in [0.2, 0.25) is 0 Å². The summed E-state index contributed by atoms with van der Waals surface area (Å²) in [5, 5.41) is 4.82. The zero-order valence-corrected chi connectivity index (χ0v) is 13.8. The smallest absolute Gasteiger partial charge is 0.212 e. The third kappa shape index (κ3) is 8.27. The van der Waals surface area contributed by atoms with Crippen molar-refractivity contribution in [3.05, 3.63) is 24.3 Å². The van der Waals surface area contributed by atoms with Gasteiger partial charge in [-0.25, -0.2) is 26.7 Å².